The maximum atomic E-state index is 12.1. The highest BCUT2D eigenvalue weighted by Crippen LogP contribution is 2.22. The molecule has 0 aliphatic heterocycles. The SMILES string of the molecule is COc1cc(Cl)ccc1C(=O)NCCCc1cn[nH]c1C. The molecule has 1 amide bonds. The monoisotopic (exact) mass is 307 g/mol. The van der Waals surface area contributed by atoms with Crippen LogP contribution in [-0.4, -0.2) is 29.8 Å². The molecule has 0 saturated heterocycles. The quantitative estimate of drug-likeness (QED) is 0.806. The van der Waals surface area contributed by atoms with Gasteiger partial charge in [-0.1, -0.05) is 11.6 Å². The minimum atomic E-state index is -0.160. The molecule has 0 aliphatic rings. The molecule has 0 radical (unpaired) electrons. The van der Waals surface area contributed by atoms with Gasteiger partial charge in [-0.3, -0.25) is 9.89 Å². The Kier molecular flexibility index (Phi) is 5.22. The summed E-state index contributed by atoms with van der Waals surface area (Å²) in [5.41, 5.74) is 2.73. The Bertz CT molecular complexity index is 625. The van der Waals surface area contributed by atoms with Crippen molar-refractivity contribution < 1.29 is 9.53 Å². The van der Waals surface area contributed by atoms with Crippen LogP contribution in [0.3, 0.4) is 0 Å². The zero-order valence-corrected chi connectivity index (χ0v) is 12.8. The summed E-state index contributed by atoms with van der Waals surface area (Å²) in [4.78, 5) is 12.1. The summed E-state index contributed by atoms with van der Waals surface area (Å²) in [6.45, 7) is 2.58. The van der Waals surface area contributed by atoms with E-state index in [0.29, 0.717) is 22.9 Å². The highest BCUT2D eigenvalue weighted by Gasteiger charge is 2.12. The van der Waals surface area contributed by atoms with Gasteiger partial charge in [-0.15, -0.1) is 0 Å². The van der Waals surface area contributed by atoms with Crippen LogP contribution in [0.2, 0.25) is 5.02 Å². The lowest BCUT2D eigenvalue weighted by molar-refractivity contribution is 0.0950. The number of aromatic amines is 1. The topological polar surface area (TPSA) is 67.0 Å². The van der Waals surface area contributed by atoms with Crippen molar-refractivity contribution in [2.24, 2.45) is 0 Å². The first kappa shape index (κ1) is 15.4. The van der Waals surface area contributed by atoms with Gasteiger partial charge in [-0.25, -0.2) is 0 Å². The average Bonchev–Trinajstić information content (AvgIpc) is 2.88. The fourth-order valence-corrected chi connectivity index (χ4v) is 2.22. The maximum absolute atomic E-state index is 12.1. The van der Waals surface area contributed by atoms with E-state index in [-0.39, 0.29) is 5.91 Å². The molecule has 1 heterocycles. The van der Waals surface area contributed by atoms with Crippen LogP contribution in [0.5, 0.6) is 5.75 Å². The summed E-state index contributed by atoms with van der Waals surface area (Å²) in [6.07, 6.45) is 3.54. The molecule has 0 saturated carbocycles. The Morgan fingerprint density at radius 3 is 2.95 bits per heavy atom. The van der Waals surface area contributed by atoms with Gasteiger partial charge < -0.3 is 10.1 Å². The van der Waals surface area contributed by atoms with Crippen LogP contribution < -0.4 is 10.1 Å². The zero-order chi connectivity index (χ0) is 15.2. The number of benzene rings is 1. The largest absolute Gasteiger partial charge is 0.496 e. The third-order valence-electron chi connectivity index (χ3n) is 3.25. The number of hydrogen-bond donors (Lipinski definition) is 2. The van der Waals surface area contributed by atoms with Gasteiger partial charge in [0.2, 0.25) is 0 Å². The van der Waals surface area contributed by atoms with Crippen molar-refractivity contribution in [2.45, 2.75) is 19.8 Å². The molecule has 112 valence electrons. The predicted molar refractivity (Wildman–Crippen MR) is 82.0 cm³/mol. The van der Waals surface area contributed by atoms with Gasteiger partial charge in [0.15, 0.2) is 0 Å². The Hall–Kier alpha value is -2.01. The number of H-pyrrole nitrogens is 1. The molecule has 1 aromatic carbocycles. The van der Waals surface area contributed by atoms with Crippen LogP contribution in [0.15, 0.2) is 24.4 Å². The third kappa shape index (κ3) is 3.98. The van der Waals surface area contributed by atoms with Gasteiger partial charge in [-0.2, -0.15) is 5.10 Å². The van der Waals surface area contributed by atoms with E-state index in [1.807, 2.05) is 13.1 Å². The second-order valence-corrected chi connectivity index (χ2v) is 5.16. The van der Waals surface area contributed by atoms with Crippen LogP contribution in [0.4, 0.5) is 0 Å². The van der Waals surface area contributed by atoms with Gasteiger partial charge in [-0.05, 0) is 43.5 Å². The fraction of sp³-hybridized carbons (Fsp3) is 0.333. The van der Waals surface area contributed by atoms with Crippen molar-refractivity contribution in [3.63, 3.8) is 0 Å². The van der Waals surface area contributed by atoms with Gasteiger partial charge >= 0.3 is 0 Å². The number of nitrogens with zero attached hydrogens (tertiary/aromatic N) is 1. The fourth-order valence-electron chi connectivity index (χ4n) is 2.06. The number of ether oxygens (including phenoxy) is 1. The Morgan fingerprint density at radius 2 is 2.29 bits per heavy atom. The van der Waals surface area contributed by atoms with Crippen molar-refractivity contribution in [3.8, 4) is 5.75 Å². The van der Waals surface area contributed by atoms with E-state index < -0.39 is 0 Å². The van der Waals surface area contributed by atoms with Crippen molar-refractivity contribution in [3.05, 3.63) is 46.2 Å². The van der Waals surface area contributed by atoms with Gasteiger partial charge in [0.25, 0.3) is 5.91 Å². The first-order valence-electron chi connectivity index (χ1n) is 6.72. The summed E-state index contributed by atoms with van der Waals surface area (Å²) in [5.74, 6) is 0.318. The van der Waals surface area contributed by atoms with Gasteiger partial charge in [0.1, 0.15) is 5.75 Å². The lowest BCUT2D eigenvalue weighted by Gasteiger charge is -2.09. The average molecular weight is 308 g/mol. The van der Waals surface area contributed by atoms with Gasteiger partial charge in [0.05, 0.1) is 18.9 Å². The van der Waals surface area contributed by atoms with E-state index >= 15 is 0 Å². The summed E-state index contributed by atoms with van der Waals surface area (Å²) in [7, 11) is 1.52. The van der Waals surface area contributed by atoms with E-state index in [0.717, 1.165) is 18.5 Å². The third-order valence-corrected chi connectivity index (χ3v) is 3.49. The molecular formula is C15H18ClN3O2. The molecule has 21 heavy (non-hydrogen) atoms. The number of amides is 1. The van der Waals surface area contributed by atoms with Crippen LogP contribution in [-0.2, 0) is 6.42 Å². The molecule has 6 heteroatoms. The Balaban J connectivity index is 1.86. The molecule has 1 aromatic heterocycles. The summed E-state index contributed by atoms with van der Waals surface area (Å²) < 4.78 is 5.17. The van der Waals surface area contributed by atoms with Crippen LogP contribution in [0.25, 0.3) is 0 Å². The number of rotatable bonds is 6. The minimum absolute atomic E-state index is 0.160. The number of aryl methyl sites for hydroxylation is 2. The summed E-state index contributed by atoms with van der Waals surface area (Å²) >= 11 is 5.88. The van der Waals surface area contributed by atoms with E-state index in [2.05, 4.69) is 15.5 Å². The molecule has 2 aromatic rings. The number of halogens is 1. The van der Waals surface area contributed by atoms with Crippen molar-refractivity contribution in [1.29, 1.82) is 0 Å². The smallest absolute Gasteiger partial charge is 0.255 e. The molecule has 0 fully saturated rings. The van der Waals surface area contributed by atoms with Crippen molar-refractivity contribution >= 4 is 17.5 Å². The van der Waals surface area contributed by atoms with E-state index in [1.165, 1.54) is 12.7 Å². The second kappa shape index (κ2) is 7.13. The Labute approximate surface area is 128 Å². The molecule has 0 atom stereocenters. The van der Waals surface area contributed by atoms with Crippen LogP contribution in [0, 0.1) is 6.92 Å². The highest BCUT2D eigenvalue weighted by atomic mass is 35.5. The summed E-state index contributed by atoms with van der Waals surface area (Å²) in [6, 6.07) is 4.97. The molecule has 0 unspecified atom stereocenters. The Morgan fingerprint density at radius 1 is 1.48 bits per heavy atom. The van der Waals surface area contributed by atoms with Gasteiger partial charge in [0, 0.05) is 17.3 Å². The second-order valence-electron chi connectivity index (χ2n) is 4.72. The van der Waals surface area contributed by atoms with Crippen LogP contribution >= 0.6 is 11.6 Å². The lowest BCUT2D eigenvalue weighted by atomic mass is 10.1. The molecule has 0 aliphatic carbocycles. The molecule has 0 spiro atoms. The first-order chi connectivity index (χ1) is 10.1. The molecular weight excluding hydrogens is 290 g/mol. The minimum Gasteiger partial charge on any atom is -0.496 e. The lowest BCUT2D eigenvalue weighted by Crippen LogP contribution is -2.25. The van der Waals surface area contributed by atoms with E-state index in [9.17, 15) is 4.79 Å². The zero-order valence-electron chi connectivity index (χ0n) is 12.1. The molecule has 0 bridgehead atoms. The number of hydrogen-bond acceptors (Lipinski definition) is 3. The molecule has 5 nitrogen and oxygen atoms in total. The molecule has 2 rings (SSSR count). The van der Waals surface area contributed by atoms with Crippen LogP contribution in [0.1, 0.15) is 28.0 Å². The van der Waals surface area contributed by atoms with Crippen molar-refractivity contribution in [1.82, 2.24) is 15.5 Å². The standard InChI is InChI=1S/C15H18ClN3O2/c1-10-11(9-18-19-10)4-3-7-17-15(20)13-6-5-12(16)8-14(13)21-2/h5-6,8-9H,3-4,7H2,1-2H3,(H,17,20)(H,18,19). The number of nitrogens with one attached hydrogen (secondary N) is 2. The predicted octanol–water partition coefficient (Wildman–Crippen LogP) is 2.74. The molecule has 2 N–H and O–H groups in total. The first-order valence-corrected chi connectivity index (χ1v) is 7.10. The maximum Gasteiger partial charge on any atom is 0.255 e. The summed E-state index contributed by atoms with van der Waals surface area (Å²) in [5, 5.41) is 10.3. The number of carbonyl (C=O) groups is 1. The normalized spacial score (nSPS) is 10.4. The van der Waals surface area contributed by atoms with Crippen molar-refractivity contribution in [2.75, 3.05) is 13.7 Å². The highest BCUT2D eigenvalue weighted by molar-refractivity contribution is 6.30. The van der Waals surface area contributed by atoms with E-state index in [1.54, 1.807) is 18.2 Å². The van der Waals surface area contributed by atoms with E-state index in [4.69, 9.17) is 16.3 Å². The number of carbonyl (C=O) groups excluding carboxylic acids is 1. The number of methoxy groups -OCH3 is 1. The number of aromatic nitrogens is 2.